The van der Waals surface area contributed by atoms with Crippen LogP contribution < -0.4 is 5.32 Å². The van der Waals surface area contributed by atoms with Crippen LogP contribution in [-0.2, 0) is 0 Å². The van der Waals surface area contributed by atoms with Gasteiger partial charge in [-0.1, -0.05) is 13.8 Å². The lowest BCUT2D eigenvalue weighted by molar-refractivity contribution is 0.226. The first kappa shape index (κ1) is 16.0. The Balaban J connectivity index is 0.00000162. The van der Waals surface area contributed by atoms with Crippen molar-refractivity contribution in [3.63, 3.8) is 0 Å². The molecule has 0 aromatic heterocycles. The van der Waals surface area contributed by atoms with E-state index in [9.17, 15) is 0 Å². The summed E-state index contributed by atoms with van der Waals surface area (Å²) in [7, 11) is 2.11. The van der Waals surface area contributed by atoms with Gasteiger partial charge in [0.1, 0.15) is 0 Å². The summed E-state index contributed by atoms with van der Waals surface area (Å²) >= 11 is 0. The largest absolute Gasteiger partial charge is 0.355 e. The fraction of sp³-hybridized carbons (Fsp3) is 0.923. The van der Waals surface area contributed by atoms with E-state index in [2.05, 4.69) is 41.0 Å². The molecule has 2 aliphatic rings. The van der Waals surface area contributed by atoms with Crippen LogP contribution in [0.15, 0.2) is 4.99 Å². The Morgan fingerprint density at radius 2 is 2.17 bits per heavy atom. The van der Waals surface area contributed by atoms with Gasteiger partial charge in [0, 0.05) is 32.7 Å². The first-order valence-electron chi connectivity index (χ1n) is 6.90. The zero-order chi connectivity index (χ0) is 12.3. The highest BCUT2D eigenvalue weighted by Crippen LogP contribution is 2.18. The summed E-state index contributed by atoms with van der Waals surface area (Å²) in [5.74, 6) is 1.85. The molecule has 0 unspecified atom stereocenters. The van der Waals surface area contributed by atoms with Gasteiger partial charge in [-0.2, -0.15) is 0 Å². The molecular weight excluding hydrogens is 339 g/mol. The molecule has 1 atom stereocenters. The lowest BCUT2D eigenvalue weighted by atomic mass is 10.1. The molecule has 0 aromatic carbocycles. The molecule has 18 heavy (non-hydrogen) atoms. The maximum absolute atomic E-state index is 4.48. The molecule has 0 saturated carbocycles. The van der Waals surface area contributed by atoms with Crippen molar-refractivity contribution in [2.24, 2.45) is 10.9 Å². The molecule has 0 radical (unpaired) electrons. The van der Waals surface area contributed by atoms with Crippen molar-refractivity contribution in [3.05, 3.63) is 0 Å². The summed E-state index contributed by atoms with van der Waals surface area (Å²) in [5.41, 5.74) is 0. The van der Waals surface area contributed by atoms with Crippen LogP contribution in [0, 0.1) is 5.92 Å². The number of hydrogen-bond donors (Lipinski definition) is 1. The van der Waals surface area contributed by atoms with Crippen molar-refractivity contribution in [1.82, 2.24) is 15.1 Å². The number of halogens is 1. The third kappa shape index (κ3) is 4.26. The van der Waals surface area contributed by atoms with Gasteiger partial charge in [-0.3, -0.25) is 9.89 Å². The second-order valence-electron chi connectivity index (χ2n) is 5.69. The number of aliphatic imine (C=N–C) groups is 1. The van der Waals surface area contributed by atoms with E-state index in [1.807, 2.05) is 0 Å². The topological polar surface area (TPSA) is 30.9 Å². The molecule has 4 nitrogen and oxygen atoms in total. The Kier molecular flexibility index (Phi) is 6.70. The maximum atomic E-state index is 4.48. The number of likely N-dealkylation sites (N-methyl/N-ethyl adjacent to an activating group) is 1. The van der Waals surface area contributed by atoms with Gasteiger partial charge >= 0.3 is 0 Å². The quantitative estimate of drug-likeness (QED) is 0.768. The molecular formula is C13H27IN4. The third-order valence-corrected chi connectivity index (χ3v) is 3.65. The predicted octanol–water partition coefficient (Wildman–Crippen LogP) is 1.62. The van der Waals surface area contributed by atoms with Gasteiger partial charge in [-0.25, -0.2) is 0 Å². The second kappa shape index (κ2) is 7.53. The monoisotopic (exact) mass is 366 g/mol. The van der Waals surface area contributed by atoms with Crippen molar-refractivity contribution in [1.29, 1.82) is 0 Å². The zero-order valence-electron chi connectivity index (χ0n) is 11.9. The van der Waals surface area contributed by atoms with Gasteiger partial charge in [0.25, 0.3) is 0 Å². The highest BCUT2D eigenvalue weighted by atomic mass is 127. The summed E-state index contributed by atoms with van der Waals surface area (Å²) in [6, 6.07) is 0.703. The normalized spacial score (nSPS) is 24.3. The predicted molar refractivity (Wildman–Crippen MR) is 87.8 cm³/mol. The molecule has 1 saturated heterocycles. The SMILES string of the molecule is CC(C)CN1CCC[C@@H]1CNC1=NCCN1C.I. The molecule has 0 aliphatic carbocycles. The fourth-order valence-corrected chi connectivity index (χ4v) is 2.77. The van der Waals surface area contributed by atoms with Crippen LogP contribution in [-0.4, -0.2) is 61.6 Å². The van der Waals surface area contributed by atoms with E-state index in [0.717, 1.165) is 31.5 Å². The van der Waals surface area contributed by atoms with Crippen molar-refractivity contribution in [3.8, 4) is 0 Å². The summed E-state index contributed by atoms with van der Waals surface area (Å²) in [4.78, 5) is 9.32. The minimum atomic E-state index is 0. The minimum absolute atomic E-state index is 0. The van der Waals surface area contributed by atoms with Crippen molar-refractivity contribution < 1.29 is 0 Å². The summed E-state index contributed by atoms with van der Waals surface area (Å²) in [6.07, 6.45) is 2.68. The van der Waals surface area contributed by atoms with E-state index >= 15 is 0 Å². The molecule has 5 heteroatoms. The van der Waals surface area contributed by atoms with Crippen molar-refractivity contribution in [2.45, 2.75) is 32.7 Å². The molecule has 2 heterocycles. The molecule has 1 N–H and O–H groups in total. The Labute approximate surface area is 128 Å². The molecule has 2 rings (SSSR count). The van der Waals surface area contributed by atoms with Crippen LogP contribution >= 0.6 is 24.0 Å². The van der Waals surface area contributed by atoms with Crippen molar-refractivity contribution in [2.75, 3.05) is 39.8 Å². The summed E-state index contributed by atoms with van der Waals surface area (Å²) in [5, 5.41) is 3.51. The van der Waals surface area contributed by atoms with Crippen LogP contribution in [0.5, 0.6) is 0 Å². The van der Waals surface area contributed by atoms with E-state index in [0.29, 0.717) is 6.04 Å². The van der Waals surface area contributed by atoms with Crippen LogP contribution in [0.2, 0.25) is 0 Å². The number of guanidine groups is 1. The Hall–Kier alpha value is -0.0400. The highest BCUT2D eigenvalue weighted by Gasteiger charge is 2.25. The fourth-order valence-electron chi connectivity index (χ4n) is 2.77. The average molecular weight is 366 g/mol. The van der Waals surface area contributed by atoms with E-state index in [4.69, 9.17) is 0 Å². The number of nitrogens with one attached hydrogen (secondary N) is 1. The highest BCUT2D eigenvalue weighted by molar-refractivity contribution is 14.0. The smallest absolute Gasteiger partial charge is 0.193 e. The Bertz CT molecular complexity index is 280. The van der Waals surface area contributed by atoms with Gasteiger partial charge in [0.15, 0.2) is 5.96 Å². The van der Waals surface area contributed by atoms with E-state index in [1.165, 1.54) is 25.9 Å². The van der Waals surface area contributed by atoms with E-state index in [1.54, 1.807) is 0 Å². The Morgan fingerprint density at radius 3 is 2.78 bits per heavy atom. The molecule has 1 fully saturated rings. The number of rotatable bonds is 4. The standard InChI is InChI=1S/C13H26N4.HI/c1-11(2)10-17-7-4-5-12(17)9-15-13-14-6-8-16(13)3;/h11-12H,4-10H2,1-3H3,(H,14,15);1H/t12-;/m1./s1. The molecule has 0 amide bonds. The van der Waals surface area contributed by atoms with Crippen LogP contribution in [0.1, 0.15) is 26.7 Å². The number of hydrogen-bond acceptors (Lipinski definition) is 4. The summed E-state index contributed by atoms with van der Waals surface area (Å²) < 4.78 is 0. The second-order valence-corrected chi connectivity index (χ2v) is 5.69. The molecule has 0 bridgehead atoms. The third-order valence-electron chi connectivity index (χ3n) is 3.65. The van der Waals surface area contributed by atoms with Crippen LogP contribution in [0.25, 0.3) is 0 Å². The molecule has 2 aliphatic heterocycles. The zero-order valence-corrected chi connectivity index (χ0v) is 14.2. The van der Waals surface area contributed by atoms with Gasteiger partial charge in [-0.05, 0) is 25.3 Å². The van der Waals surface area contributed by atoms with E-state index < -0.39 is 0 Å². The van der Waals surface area contributed by atoms with Gasteiger partial charge in [0.05, 0.1) is 6.54 Å². The van der Waals surface area contributed by atoms with Crippen molar-refractivity contribution >= 4 is 29.9 Å². The minimum Gasteiger partial charge on any atom is -0.355 e. The number of nitrogens with zero attached hydrogens (tertiary/aromatic N) is 3. The first-order valence-corrected chi connectivity index (χ1v) is 6.90. The number of likely N-dealkylation sites (tertiary alicyclic amines) is 1. The molecule has 106 valence electrons. The lowest BCUT2D eigenvalue weighted by Crippen LogP contribution is -2.44. The van der Waals surface area contributed by atoms with E-state index in [-0.39, 0.29) is 24.0 Å². The lowest BCUT2D eigenvalue weighted by Gasteiger charge is -2.27. The summed E-state index contributed by atoms with van der Waals surface area (Å²) in [6.45, 7) is 10.2. The van der Waals surface area contributed by atoms with Gasteiger partial charge in [-0.15, -0.1) is 24.0 Å². The molecule has 0 spiro atoms. The van der Waals surface area contributed by atoms with Gasteiger partial charge < -0.3 is 10.2 Å². The van der Waals surface area contributed by atoms with Crippen LogP contribution in [0.3, 0.4) is 0 Å². The average Bonchev–Trinajstić information content (AvgIpc) is 2.84. The molecule has 0 aromatic rings. The Morgan fingerprint density at radius 1 is 1.39 bits per heavy atom. The van der Waals surface area contributed by atoms with Gasteiger partial charge in [0.2, 0.25) is 0 Å². The van der Waals surface area contributed by atoms with Crippen LogP contribution in [0.4, 0.5) is 0 Å². The maximum Gasteiger partial charge on any atom is 0.193 e. The first-order chi connectivity index (χ1) is 8.16.